The molecule has 5 nitrogen and oxygen atoms in total. The van der Waals surface area contributed by atoms with Crippen LogP contribution in [0.3, 0.4) is 0 Å². The van der Waals surface area contributed by atoms with Gasteiger partial charge in [0.15, 0.2) is 0 Å². The van der Waals surface area contributed by atoms with Crippen LogP contribution in [0.1, 0.15) is 11.1 Å². The molecule has 116 valence electrons. The number of nitrogens with zero attached hydrogens (tertiary/aromatic N) is 1. The fourth-order valence-electron chi connectivity index (χ4n) is 2.19. The first-order valence-electron chi connectivity index (χ1n) is 7.21. The average Bonchev–Trinajstić information content (AvgIpc) is 2.82. The van der Waals surface area contributed by atoms with Gasteiger partial charge in [-0.25, -0.2) is 4.79 Å². The Morgan fingerprint density at radius 3 is 2.35 bits per heavy atom. The molecule has 1 aliphatic rings. The van der Waals surface area contributed by atoms with Crippen LogP contribution < -0.4 is 10.1 Å². The molecule has 3 amide bonds. The lowest BCUT2D eigenvalue weighted by Crippen LogP contribution is -2.25. The van der Waals surface area contributed by atoms with Crippen molar-refractivity contribution in [2.75, 3.05) is 7.05 Å². The maximum atomic E-state index is 11.8. The summed E-state index contributed by atoms with van der Waals surface area (Å²) in [5.74, 6) is 0.411. The van der Waals surface area contributed by atoms with Crippen molar-refractivity contribution < 1.29 is 14.3 Å². The minimum Gasteiger partial charge on any atom is -0.489 e. The molecule has 5 heteroatoms. The molecule has 1 N–H and O–H groups in total. The molecule has 23 heavy (non-hydrogen) atoms. The summed E-state index contributed by atoms with van der Waals surface area (Å²) in [6.07, 6.45) is 1.64. The van der Waals surface area contributed by atoms with Crippen molar-refractivity contribution in [2.24, 2.45) is 0 Å². The molecular weight excluding hydrogens is 292 g/mol. The monoisotopic (exact) mass is 308 g/mol. The first-order valence-corrected chi connectivity index (χ1v) is 7.21. The van der Waals surface area contributed by atoms with Gasteiger partial charge in [-0.05, 0) is 29.3 Å². The summed E-state index contributed by atoms with van der Waals surface area (Å²) in [7, 11) is 1.44. The van der Waals surface area contributed by atoms with Crippen LogP contribution >= 0.6 is 0 Å². The van der Waals surface area contributed by atoms with Crippen molar-refractivity contribution in [1.29, 1.82) is 0 Å². The summed E-state index contributed by atoms with van der Waals surface area (Å²) in [5, 5.41) is 2.53. The third kappa shape index (κ3) is 3.40. The smallest absolute Gasteiger partial charge is 0.328 e. The van der Waals surface area contributed by atoms with Crippen LogP contribution in [-0.2, 0) is 11.4 Å². The number of likely N-dealkylation sites (N-methyl/N-ethyl adjacent to an activating group) is 1. The van der Waals surface area contributed by atoms with Gasteiger partial charge in [0.2, 0.25) is 0 Å². The van der Waals surface area contributed by atoms with Gasteiger partial charge in [0, 0.05) is 7.05 Å². The molecule has 0 unspecified atom stereocenters. The molecule has 0 saturated carbocycles. The maximum Gasteiger partial charge on any atom is 0.328 e. The van der Waals surface area contributed by atoms with Crippen LogP contribution in [-0.4, -0.2) is 23.9 Å². The predicted octanol–water partition coefficient (Wildman–Crippen LogP) is 2.79. The second kappa shape index (κ2) is 6.36. The van der Waals surface area contributed by atoms with E-state index in [1.165, 1.54) is 7.05 Å². The molecular formula is C18H16N2O3. The summed E-state index contributed by atoms with van der Waals surface area (Å²) < 4.78 is 5.71. The van der Waals surface area contributed by atoms with Crippen LogP contribution in [0.15, 0.2) is 60.3 Å². The van der Waals surface area contributed by atoms with Crippen molar-refractivity contribution >= 4 is 18.0 Å². The van der Waals surface area contributed by atoms with E-state index >= 15 is 0 Å². The minimum atomic E-state index is -0.413. The van der Waals surface area contributed by atoms with E-state index in [0.29, 0.717) is 6.61 Å². The lowest BCUT2D eigenvalue weighted by atomic mass is 10.2. The molecule has 1 heterocycles. The van der Waals surface area contributed by atoms with Crippen LogP contribution in [0.5, 0.6) is 5.75 Å². The number of ether oxygens (including phenoxy) is 1. The molecule has 3 rings (SSSR count). The second-order valence-electron chi connectivity index (χ2n) is 5.20. The molecule has 1 fully saturated rings. The minimum absolute atomic E-state index is 0.274. The maximum absolute atomic E-state index is 11.8. The third-order valence-electron chi connectivity index (χ3n) is 3.52. The topological polar surface area (TPSA) is 58.6 Å². The summed E-state index contributed by atoms with van der Waals surface area (Å²) >= 11 is 0. The first kappa shape index (κ1) is 14.8. The number of benzene rings is 2. The van der Waals surface area contributed by atoms with Crippen molar-refractivity contribution in [1.82, 2.24) is 10.2 Å². The number of carbonyl (C=O) groups excluding carboxylic acids is 2. The molecule has 2 aromatic rings. The van der Waals surface area contributed by atoms with E-state index in [0.717, 1.165) is 21.8 Å². The Hall–Kier alpha value is -3.08. The highest BCUT2D eigenvalue weighted by molar-refractivity contribution is 6.13. The molecule has 0 bridgehead atoms. The molecule has 0 atom stereocenters. The number of amides is 3. The summed E-state index contributed by atoms with van der Waals surface area (Å²) in [4.78, 5) is 24.2. The summed E-state index contributed by atoms with van der Waals surface area (Å²) in [6, 6.07) is 16.8. The largest absolute Gasteiger partial charge is 0.489 e. The first-order chi connectivity index (χ1) is 11.1. The Bertz CT molecular complexity index is 752. The molecule has 0 aromatic heterocycles. The quantitative estimate of drug-likeness (QED) is 0.698. The Morgan fingerprint density at radius 2 is 1.74 bits per heavy atom. The number of carbonyl (C=O) groups is 2. The molecule has 0 spiro atoms. The van der Waals surface area contributed by atoms with Crippen molar-refractivity contribution in [2.45, 2.75) is 6.61 Å². The number of imide groups is 1. The van der Waals surface area contributed by atoms with E-state index in [1.54, 1.807) is 6.08 Å². The van der Waals surface area contributed by atoms with Gasteiger partial charge in [-0.3, -0.25) is 9.69 Å². The van der Waals surface area contributed by atoms with Gasteiger partial charge in [0.05, 0.1) is 0 Å². The standard InChI is InChI=1S/C18H16N2O3/c1-20-17(21)16(19-18(20)22)11-13-7-9-15(10-8-13)23-12-14-5-3-2-4-6-14/h2-11H,12H2,1H3,(H,19,22)/b16-11+. The lowest BCUT2D eigenvalue weighted by Gasteiger charge is -2.06. The van der Waals surface area contributed by atoms with Gasteiger partial charge in [-0.15, -0.1) is 0 Å². The zero-order valence-corrected chi connectivity index (χ0v) is 12.7. The Labute approximate surface area is 134 Å². The predicted molar refractivity (Wildman–Crippen MR) is 86.5 cm³/mol. The van der Waals surface area contributed by atoms with Crippen molar-refractivity contribution in [3.63, 3.8) is 0 Å². The summed E-state index contributed by atoms with van der Waals surface area (Å²) in [5.41, 5.74) is 2.19. The van der Waals surface area contributed by atoms with Crippen LogP contribution in [0.25, 0.3) is 6.08 Å². The van der Waals surface area contributed by atoms with Gasteiger partial charge in [-0.2, -0.15) is 0 Å². The zero-order chi connectivity index (χ0) is 16.2. The van der Waals surface area contributed by atoms with E-state index in [4.69, 9.17) is 4.74 Å². The van der Waals surface area contributed by atoms with Crippen LogP contribution in [0.4, 0.5) is 4.79 Å². The third-order valence-corrected chi connectivity index (χ3v) is 3.52. The number of nitrogens with one attached hydrogen (secondary N) is 1. The van der Waals surface area contributed by atoms with Gasteiger partial charge in [0.25, 0.3) is 5.91 Å². The van der Waals surface area contributed by atoms with Crippen LogP contribution in [0.2, 0.25) is 0 Å². The lowest BCUT2D eigenvalue weighted by molar-refractivity contribution is -0.121. The van der Waals surface area contributed by atoms with E-state index in [1.807, 2.05) is 54.6 Å². The number of rotatable bonds is 4. The van der Waals surface area contributed by atoms with Crippen molar-refractivity contribution in [3.05, 3.63) is 71.4 Å². The molecule has 0 radical (unpaired) electrons. The number of hydrogen-bond donors (Lipinski definition) is 1. The number of urea groups is 1. The molecule has 0 aliphatic carbocycles. The average molecular weight is 308 g/mol. The van der Waals surface area contributed by atoms with E-state index in [-0.39, 0.29) is 11.6 Å². The van der Waals surface area contributed by atoms with Crippen LogP contribution in [0, 0.1) is 0 Å². The van der Waals surface area contributed by atoms with Gasteiger partial charge in [0.1, 0.15) is 18.1 Å². The molecule has 2 aromatic carbocycles. The highest BCUT2D eigenvalue weighted by Crippen LogP contribution is 2.17. The second-order valence-corrected chi connectivity index (χ2v) is 5.20. The fraction of sp³-hybridized carbons (Fsp3) is 0.111. The Kier molecular flexibility index (Phi) is 4.10. The van der Waals surface area contributed by atoms with Gasteiger partial charge >= 0.3 is 6.03 Å². The van der Waals surface area contributed by atoms with E-state index < -0.39 is 6.03 Å². The Morgan fingerprint density at radius 1 is 1.04 bits per heavy atom. The van der Waals surface area contributed by atoms with Gasteiger partial charge < -0.3 is 10.1 Å². The highest BCUT2D eigenvalue weighted by atomic mass is 16.5. The van der Waals surface area contributed by atoms with Crippen molar-refractivity contribution in [3.8, 4) is 5.75 Å². The normalized spacial score (nSPS) is 15.9. The zero-order valence-electron chi connectivity index (χ0n) is 12.7. The highest BCUT2D eigenvalue weighted by Gasteiger charge is 2.29. The SMILES string of the molecule is CN1C(=O)N/C(=C/c2ccc(OCc3ccccc3)cc2)C1=O. The number of hydrogen-bond acceptors (Lipinski definition) is 3. The Balaban J connectivity index is 1.66. The molecule has 1 aliphatic heterocycles. The molecule has 1 saturated heterocycles. The van der Waals surface area contributed by atoms with E-state index in [2.05, 4.69) is 5.32 Å². The van der Waals surface area contributed by atoms with E-state index in [9.17, 15) is 9.59 Å². The fourth-order valence-corrected chi connectivity index (χ4v) is 2.19. The summed E-state index contributed by atoms with van der Waals surface area (Å²) in [6.45, 7) is 0.501. The van der Waals surface area contributed by atoms with Gasteiger partial charge in [-0.1, -0.05) is 42.5 Å².